The first-order chi connectivity index (χ1) is 10.2. The first-order valence-electron chi connectivity index (χ1n) is 6.94. The molecule has 5 heteroatoms. The minimum atomic E-state index is -3.72. The minimum absolute atomic E-state index is 0.213. The van der Waals surface area contributed by atoms with E-state index < -0.39 is 10.0 Å². The fourth-order valence-corrected chi connectivity index (χ4v) is 3.12. The lowest BCUT2D eigenvalue weighted by Crippen LogP contribution is -2.31. The van der Waals surface area contributed by atoms with E-state index in [2.05, 4.69) is 0 Å². The quantitative estimate of drug-likeness (QED) is 0.580. The molecule has 0 aromatic heterocycles. The summed E-state index contributed by atoms with van der Waals surface area (Å²) in [5, 5.41) is 0. The maximum atomic E-state index is 12.7. The summed E-state index contributed by atoms with van der Waals surface area (Å²) in [5.41, 5.74) is 0.498. The molecule has 2 aromatic rings. The molecule has 0 fully saturated rings. The number of anilines is 1. The van der Waals surface area contributed by atoms with Crippen molar-refractivity contribution in [3.63, 3.8) is 0 Å². The smallest absolute Gasteiger partial charge is 0.259 e. The molecule has 0 aliphatic heterocycles. The Hall–Kier alpha value is -1.85. The van der Waals surface area contributed by atoms with Crippen LogP contribution >= 0.6 is 0 Å². The van der Waals surface area contributed by atoms with Crippen molar-refractivity contribution in [1.82, 2.24) is 0 Å². The van der Waals surface area contributed by atoms with E-state index in [9.17, 15) is 8.42 Å². The molecule has 0 N–H and O–H groups in total. The Bertz CT molecular complexity index is 642. The largest absolute Gasteiger partial charge is 0.286 e. The molecule has 0 aliphatic carbocycles. The van der Waals surface area contributed by atoms with E-state index in [0.29, 0.717) is 12.3 Å². The fourth-order valence-electron chi connectivity index (χ4n) is 1.81. The highest BCUT2D eigenvalue weighted by molar-refractivity contribution is 7.92. The zero-order valence-corrected chi connectivity index (χ0v) is 12.8. The number of unbranched alkanes of at least 4 members (excludes halogenated alkanes) is 1. The van der Waals surface area contributed by atoms with Crippen molar-refractivity contribution in [3.05, 3.63) is 60.7 Å². The van der Waals surface area contributed by atoms with E-state index in [4.69, 9.17) is 4.84 Å². The predicted molar refractivity (Wildman–Crippen MR) is 83.4 cm³/mol. The van der Waals surface area contributed by atoms with Crippen molar-refractivity contribution in [2.45, 2.75) is 24.7 Å². The molecule has 0 atom stereocenters. The summed E-state index contributed by atoms with van der Waals surface area (Å²) in [6.45, 7) is 2.39. The summed E-state index contributed by atoms with van der Waals surface area (Å²) in [5.74, 6) is 0. The highest BCUT2D eigenvalue weighted by Gasteiger charge is 2.25. The Morgan fingerprint density at radius 1 is 0.952 bits per heavy atom. The van der Waals surface area contributed by atoms with Gasteiger partial charge in [0.2, 0.25) is 0 Å². The minimum Gasteiger partial charge on any atom is -0.259 e. The second-order valence-electron chi connectivity index (χ2n) is 4.57. The summed E-state index contributed by atoms with van der Waals surface area (Å²) in [4.78, 5) is 5.75. The van der Waals surface area contributed by atoms with Gasteiger partial charge >= 0.3 is 0 Å². The van der Waals surface area contributed by atoms with Crippen LogP contribution in [0.5, 0.6) is 0 Å². The van der Waals surface area contributed by atoms with E-state index in [1.165, 1.54) is 0 Å². The summed E-state index contributed by atoms with van der Waals surface area (Å²) in [6, 6.07) is 17.1. The van der Waals surface area contributed by atoms with Gasteiger partial charge in [-0.15, -0.1) is 4.47 Å². The van der Waals surface area contributed by atoms with Crippen LogP contribution in [0.1, 0.15) is 19.8 Å². The van der Waals surface area contributed by atoms with E-state index in [1.807, 2.05) is 13.0 Å². The SMILES string of the molecule is CCCCON(c1ccccc1)S(=O)(=O)c1ccccc1. The average molecular weight is 305 g/mol. The molecule has 21 heavy (non-hydrogen) atoms. The number of hydrogen-bond donors (Lipinski definition) is 0. The lowest BCUT2D eigenvalue weighted by Gasteiger charge is -2.23. The Balaban J connectivity index is 2.35. The van der Waals surface area contributed by atoms with Crippen LogP contribution in [0.2, 0.25) is 0 Å². The van der Waals surface area contributed by atoms with Gasteiger partial charge in [-0.25, -0.2) is 0 Å². The normalized spacial score (nSPS) is 11.3. The van der Waals surface area contributed by atoms with E-state index in [-0.39, 0.29) is 4.90 Å². The predicted octanol–water partition coefficient (Wildman–Crippen LogP) is 3.61. The number of rotatable bonds is 7. The van der Waals surface area contributed by atoms with Crippen LogP contribution in [0, 0.1) is 0 Å². The Labute approximate surface area is 126 Å². The molecule has 0 spiro atoms. The molecule has 0 saturated heterocycles. The molecule has 0 amide bonds. The summed E-state index contributed by atoms with van der Waals surface area (Å²) < 4.78 is 26.5. The first-order valence-corrected chi connectivity index (χ1v) is 8.38. The lowest BCUT2D eigenvalue weighted by molar-refractivity contribution is 0.145. The number of sulfonamides is 1. The van der Waals surface area contributed by atoms with E-state index in [0.717, 1.165) is 17.3 Å². The van der Waals surface area contributed by atoms with E-state index >= 15 is 0 Å². The van der Waals surface area contributed by atoms with Gasteiger partial charge in [0, 0.05) is 0 Å². The van der Waals surface area contributed by atoms with Gasteiger partial charge in [0.15, 0.2) is 0 Å². The van der Waals surface area contributed by atoms with Crippen LogP contribution in [0.4, 0.5) is 5.69 Å². The number of nitrogens with zero attached hydrogens (tertiary/aromatic N) is 1. The number of benzene rings is 2. The van der Waals surface area contributed by atoms with Gasteiger partial charge < -0.3 is 0 Å². The Morgan fingerprint density at radius 3 is 2.10 bits per heavy atom. The highest BCUT2D eigenvalue weighted by atomic mass is 32.2. The second-order valence-corrected chi connectivity index (χ2v) is 6.32. The first kappa shape index (κ1) is 15.5. The van der Waals surface area contributed by atoms with Gasteiger partial charge in [-0.3, -0.25) is 4.84 Å². The van der Waals surface area contributed by atoms with Crippen LogP contribution in [0.25, 0.3) is 0 Å². The standard InChI is InChI=1S/C16H19NO3S/c1-2-3-14-20-17(15-10-6-4-7-11-15)21(18,19)16-12-8-5-9-13-16/h4-13H,2-3,14H2,1H3. The maximum Gasteiger partial charge on any atom is 0.286 e. The van der Waals surface area contributed by atoms with Gasteiger partial charge in [0.1, 0.15) is 0 Å². The number of para-hydroxylation sites is 1. The summed E-state index contributed by atoms with van der Waals surface area (Å²) in [7, 11) is -3.72. The topological polar surface area (TPSA) is 46.6 Å². The van der Waals surface area contributed by atoms with Gasteiger partial charge in [-0.05, 0) is 30.7 Å². The summed E-state index contributed by atoms with van der Waals surface area (Å²) >= 11 is 0. The third-order valence-corrected chi connectivity index (χ3v) is 4.55. The zero-order valence-electron chi connectivity index (χ0n) is 12.0. The summed E-state index contributed by atoms with van der Waals surface area (Å²) in [6.07, 6.45) is 1.74. The van der Waals surface area contributed by atoms with Gasteiger partial charge in [-0.2, -0.15) is 8.42 Å². The van der Waals surface area contributed by atoms with Crippen LogP contribution in [0.3, 0.4) is 0 Å². The maximum absolute atomic E-state index is 12.7. The molecule has 0 aliphatic rings. The van der Waals surface area contributed by atoms with Crippen molar-refractivity contribution < 1.29 is 13.3 Å². The average Bonchev–Trinajstić information content (AvgIpc) is 2.53. The van der Waals surface area contributed by atoms with Crippen molar-refractivity contribution in [1.29, 1.82) is 0 Å². The molecule has 0 radical (unpaired) electrons. The molecule has 4 nitrogen and oxygen atoms in total. The van der Waals surface area contributed by atoms with Crippen molar-refractivity contribution in [2.75, 3.05) is 11.1 Å². The van der Waals surface area contributed by atoms with Gasteiger partial charge in [0.25, 0.3) is 10.0 Å². The van der Waals surface area contributed by atoms with Crippen LogP contribution in [-0.2, 0) is 14.9 Å². The van der Waals surface area contributed by atoms with Crippen LogP contribution < -0.4 is 4.47 Å². The van der Waals surface area contributed by atoms with Gasteiger partial charge in [0.05, 0.1) is 17.2 Å². The molecule has 2 rings (SSSR count). The lowest BCUT2D eigenvalue weighted by atomic mass is 10.3. The zero-order chi connectivity index (χ0) is 15.1. The highest BCUT2D eigenvalue weighted by Crippen LogP contribution is 2.23. The van der Waals surface area contributed by atoms with E-state index in [1.54, 1.807) is 54.6 Å². The van der Waals surface area contributed by atoms with Crippen LogP contribution in [-0.4, -0.2) is 15.0 Å². The van der Waals surface area contributed by atoms with Crippen LogP contribution in [0.15, 0.2) is 65.6 Å². The Kier molecular flexibility index (Phi) is 5.36. The molecule has 0 unspecified atom stereocenters. The third kappa shape index (κ3) is 3.83. The third-order valence-electron chi connectivity index (χ3n) is 2.93. The molecule has 112 valence electrons. The Morgan fingerprint density at radius 2 is 1.52 bits per heavy atom. The fraction of sp³-hybridized carbons (Fsp3) is 0.250. The molecular formula is C16H19NO3S. The molecule has 2 aromatic carbocycles. The van der Waals surface area contributed by atoms with Crippen molar-refractivity contribution in [2.24, 2.45) is 0 Å². The van der Waals surface area contributed by atoms with Gasteiger partial charge in [-0.1, -0.05) is 49.7 Å². The monoisotopic (exact) mass is 305 g/mol. The number of hydrogen-bond acceptors (Lipinski definition) is 3. The molecule has 0 heterocycles. The van der Waals surface area contributed by atoms with Crippen molar-refractivity contribution in [3.8, 4) is 0 Å². The second kappa shape index (κ2) is 7.24. The van der Waals surface area contributed by atoms with Crippen molar-refractivity contribution >= 4 is 15.7 Å². The molecule has 0 bridgehead atoms. The molecule has 0 saturated carbocycles. The molecular weight excluding hydrogens is 286 g/mol.